The maximum atomic E-state index is 7.15. The second-order valence-corrected chi connectivity index (χ2v) is 12.3. The highest BCUT2D eigenvalue weighted by Gasteiger charge is 2.57. The van der Waals surface area contributed by atoms with E-state index in [0.717, 1.165) is 21.4 Å². The topological polar surface area (TPSA) is 106 Å². The van der Waals surface area contributed by atoms with Crippen LogP contribution in [0.2, 0.25) is 0 Å². The van der Waals surface area contributed by atoms with E-state index in [1.54, 1.807) is 11.0 Å². The van der Waals surface area contributed by atoms with Crippen LogP contribution < -0.4 is 0 Å². The third kappa shape index (κ3) is 4.84. The van der Waals surface area contributed by atoms with Crippen molar-refractivity contribution in [2.75, 3.05) is 6.61 Å². The molecule has 45 heavy (non-hydrogen) atoms. The number of hydrogen-bond acceptors (Lipinski definition) is 10. The van der Waals surface area contributed by atoms with E-state index < -0.39 is 35.8 Å². The van der Waals surface area contributed by atoms with Crippen LogP contribution in [-0.4, -0.2) is 59.8 Å². The number of benzene rings is 3. The van der Waals surface area contributed by atoms with Crippen LogP contribution >= 0.6 is 11.5 Å². The molecule has 4 atom stereocenters. The zero-order valence-electron chi connectivity index (χ0n) is 24.6. The lowest BCUT2D eigenvalue weighted by Gasteiger charge is -2.37. The maximum absolute atomic E-state index is 7.15. The van der Waals surface area contributed by atoms with Crippen molar-refractivity contribution in [2.45, 2.75) is 49.7 Å². The Hall–Kier alpha value is -4.39. The molecule has 11 heteroatoms. The summed E-state index contributed by atoms with van der Waals surface area (Å²) < 4.78 is 34.1. The van der Waals surface area contributed by atoms with Gasteiger partial charge in [0.1, 0.15) is 64.9 Å². The van der Waals surface area contributed by atoms with Crippen LogP contribution in [0.1, 0.15) is 42.3 Å². The molecule has 0 bridgehead atoms. The fourth-order valence-corrected chi connectivity index (χ4v) is 7.30. The second kappa shape index (κ2) is 11.2. The van der Waals surface area contributed by atoms with E-state index in [2.05, 4.69) is 56.4 Å². The molecule has 0 spiro atoms. The Morgan fingerprint density at radius 3 is 2.04 bits per heavy atom. The number of ether oxygens (including phenoxy) is 4. The van der Waals surface area contributed by atoms with Crippen LogP contribution in [-0.2, 0) is 24.5 Å². The predicted octanol–water partition coefficient (Wildman–Crippen LogP) is 5.64. The molecule has 2 fully saturated rings. The summed E-state index contributed by atoms with van der Waals surface area (Å²) >= 11 is 1.30. The number of fused-ring (bicyclic) bond motifs is 2. The average Bonchev–Trinajstić information content (AvgIpc) is 3.87. The van der Waals surface area contributed by atoms with Crippen molar-refractivity contribution >= 4 is 21.7 Å². The van der Waals surface area contributed by atoms with Gasteiger partial charge in [-0.05, 0) is 42.1 Å². The predicted molar refractivity (Wildman–Crippen MR) is 167 cm³/mol. The monoisotopic (exact) mass is 618 g/mol. The molecule has 3 aromatic heterocycles. The highest BCUT2D eigenvalue weighted by atomic mass is 32.1. The van der Waals surface area contributed by atoms with Crippen LogP contribution in [0.4, 0.5) is 0 Å². The molecule has 0 amide bonds. The molecule has 6 aromatic rings. The number of hydrogen-bond donors (Lipinski definition) is 0. The van der Waals surface area contributed by atoms with Crippen molar-refractivity contribution in [1.82, 2.24) is 29.1 Å². The van der Waals surface area contributed by atoms with Gasteiger partial charge in [0, 0.05) is 0 Å². The Bertz CT molecular complexity index is 1810. The third-order valence-corrected chi connectivity index (χ3v) is 9.17. The Kier molecular flexibility index (Phi) is 7.00. The summed E-state index contributed by atoms with van der Waals surface area (Å²) in [5, 5.41) is 4.25. The average molecular weight is 619 g/mol. The summed E-state index contributed by atoms with van der Waals surface area (Å²) in [6, 6.07) is 30.9. The SMILES string of the molecule is CC1(C)O[C@@H]2[C@@H](COC(c3ccccc3)(c3ccccc3)c3ccccc3)OC(c3nsc4c(-n5cncn5)ncnc34)[C@@H]2O1. The second-order valence-electron chi connectivity index (χ2n) is 11.5. The fourth-order valence-electron chi connectivity index (χ4n) is 6.45. The van der Waals surface area contributed by atoms with Crippen molar-refractivity contribution < 1.29 is 18.9 Å². The first-order valence-corrected chi connectivity index (χ1v) is 15.6. The molecule has 0 saturated carbocycles. The number of rotatable bonds is 8. The van der Waals surface area contributed by atoms with Crippen LogP contribution in [0.25, 0.3) is 16.0 Å². The molecule has 0 N–H and O–H groups in total. The summed E-state index contributed by atoms with van der Waals surface area (Å²) in [6.07, 6.45) is 2.79. The Labute approximate surface area is 263 Å². The molecule has 10 nitrogen and oxygen atoms in total. The third-order valence-electron chi connectivity index (χ3n) is 8.32. The highest BCUT2D eigenvalue weighted by Crippen LogP contribution is 2.48. The van der Waals surface area contributed by atoms with E-state index in [1.165, 1.54) is 24.2 Å². The molecule has 2 aliphatic heterocycles. The van der Waals surface area contributed by atoms with Gasteiger partial charge in [-0.1, -0.05) is 91.0 Å². The van der Waals surface area contributed by atoms with Gasteiger partial charge < -0.3 is 18.9 Å². The summed E-state index contributed by atoms with van der Waals surface area (Å²) in [5.74, 6) is -0.199. The van der Waals surface area contributed by atoms with E-state index in [1.807, 2.05) is 68.4 Å². The van der Waals surface area contributed by atoms with Gasteiger partial charge in [0.2, 0.25) is 0 Å². The van der Waals surface area contributed by atoms with Gasteiger partial charge in [0.05, 0.1) is 6.61 Å². The zero-order valence-corrected chi connectivity index (χ0v) is 25.4. The molecular formula is C34H30N6O4S. The standard InChI is InChI=1S/C34H30N6O4S/c1-33(2)43-28-25(42-29(30(28)44-33)26-27-31(45-39-26)32(37-20-36-27)40-21-35-19-38-40)18-41-34(22-12-6-3-7-13-22,23-14-8-4-9-15-23)24-16-10-5-11-17-24/h3-17,19-21,25,28-30H,18H2,1-2H3/t25-,28-,29?,30-/m1/s1. The van der Waals surface area contributed by atoms with Crippen molar-refractivity contribution in [3.8, 4) is 5.82 Å². The normalized spacial score (nSPS) is 22.5. The number of aromatic nitrogens is 6. The van der Waals surface area contributed by atoms with E-state index in [9.17, 15) is 0 Å². The molecule has 0 radical (unpaired) electrons. The molecule has 226 valence electrons. The largest absolute Gasteiger partial charge is 0.360 e. The molecule has 3 aromatic carbocycles. The van der Waals surface area contributed by atoms with E-state index in [-0.39, 0.29) is 6.61 Å². The van der Waals surface area contributed by atoms with Crippen LogP contribution in [0.5, 0.6) is 0 Å². The Morgan fingerprint density at radius 2 is 1.44 bits per heavy atom. The molecular weight excluding hydrogens is 588 g/mol. The van der Waals surface area contributed by atoms with Crippen molar-refractivity contribution in [1.29, 1.82) is 0 Å². The Morgan fingerprint density at radius 1 is 0.822 bits per heavy atom. The van der Waals surface area contributed by atoms with Crippen LogP contribution in [0.3, 0.4) is 0 Å². The first-order chi connectivity index (χ1) is 22.0. The quantitative estimate of drug-likeness (QED) is 0.201. The van der Waals surface area contributed by atoms with Gasteiger partial charge in [0.25, 0.3) is 0 Å². The smallest absolute Gasteiger partial charge is 0.177 e. The van der Waals surface area contributed by atoms with Crippen molar-refractivity contribution in [3.63, 3.8) is 0 Å². The van der Waals surface area contributed by atoms with Gasteiger partial charge >= 0.3 is 0 Å². The molecule has 8 rings (SSSR count). The highest BCUT2D eigenvalue weighted by molar-refractivity contribution is 7.13. The van der Waals surface area contributed by atoms with Gasteiger partial charge in [-0.25, -0.2) is 19.6 Å². The Balaban J connectivity index is 1.18. The van der Waals surface area contributed by atoms with E-state index in [0.29, 0.717) is 17.0 Å². The van der Waals surface area contributed by atoms with Crippen LogP contribution in [0, 0.1) is 0 Å². The van der Waals surface area contributed by atoms with Gasteiger partial charge in [-0.3, -0.25) is 0 Å². The first-order valence-electron chi connectivity index (χ1n) is 14.8. The van der Waals surface area contributed by atoms with Gasteiger partial charge in [0.15, 0.2) is 11.6 Å². The summed E-state index contributed by atoms with van der Waals surface area (Å²) in [4.78, 5) is 13.1. The summed E-state index contributed by atoms with van der Waals surface area (Å²) in [5.41, 5.74) is 3.51. The molecule has 5 heterocycles. The lowest BCUT2D eigenvalue weighted by Crippen LogP contribution is -2.39. The lowest BCUT2D eigenvalue weighted by molar-refractivity contribution is -0.196. The fraction of sp³-hybridized carbons (Fsp3) is 0.265. The minimum Gasteiger partial charge on any atom is -0.360 e. The van der Waals surface area contributed by atoms with Crippen LogP contribution in [0.15, 0.2) is 110 Å². The van der Waals surface area contributed by atoms with Gasteiger partial charge in [-0.2, -0.15) is 9.47 Å². The minimum atomic E-state index is -0.900. The number of nitrogens with zero attached hydrogens (tertiary/aromatic N) is 6. The zero-order chi connectivity index (χ0) is 30.4. The van der Waals surface area contributed by atoms with Gasteiger partial charge in [-0.15, -0.1) is 0 Å². The first kappa shape index (κ1) is 28.1. The summed E-state index contributed by atoms with van der Waals surface area (Å²) in [7, 11) is 0. The summed E-state index contributed by atoms with van der Waals surface area (Å²) in [6.45, 7) is 4.08. The van der Waals surface area contributed by atoms with Crippen molar-refractivity contribution in [2.24, 2.45) is 0 Å². The van der Waals surface area contributed by atoms with Crippen molar-refractivity contribution in [3.05, 3.63) is 132 Å². The van der Waals surface area contributed by atoms with E-state index >= 15 is 0 Å². The minimum absolute atomic E-state index is 0.233. The molecule has 2 saturated heterocycles. The lowest BCUT2D eigenvalue weighted by atomic mass is 9.80. The maximum Gasteiger partial charge on any atom is 0.177 e. The molecule has 2 aliphatic rings. The molecule has 1 unspecified atom stereocenters. The molecule has 0 aliphatic carbocycles. The van der Waals surface area contributed by atoms with E-state index in [4.69, 9.17) is 23.3 Å².